The number of ether oxygens (including phenoxy) is 1. The SMILES string of the molecule is C=C(C)C(=O)OCCCC(C)(C)CC(C)(C)CC. The Kier molecular flexibility index (Phi) is 6.66. The molecule has 0 aromatic rings. The fraction of sp³-hybridized carbons (Fsp3) is 0.812. The van der Waals surface area contributed by atoms with Gasteiger partial charge in [0.25, 0.3) is 0 Å². The van der Waals surface area contributed by atoms with Crippen molar-refractivity contribution >= 4 is 5.97 Å². The quantitative estimate of drug-likeness (QED) is 0.355. The second-order valence-corrected chi connectivity index (χ2v) is 6.88. The molecule has 2 heteroatoms. The summed E-state index contributed by atoms with van der Waals surface area (Å²) < 4.78 is 5.12. The Morgan fingerprint density at radius 2 is 1.72 bits per heavy atom. The molecule has 2 nitrogen and oxygen atoms in total. The van der Waals surface area contributed by atoms with Gasteiger partial charge < -0.3 is 4.74 Å². The maximum Gasteiger partial charge on any atom is 0.333 e. The molecule has 0 aliphatic rings. The van der Waals surface area contributed by atoms with E-state index in [0.29, 0.717) is 23.0 Å². The zero-order chi connectivity index (χ0) is 14.4. The van der Waals surface area contributed by atoms with Crippen LogP contribution in [-0.2, 0) is 9.53 Å². The maximum atomic E-state index is 11.2. The molecule has 0 unspecified atom stereocenters. The summed E-state index contributed by atoms with van der Waals surface area (Å²) in [5.41, 5.74) is 1.16. The Hall–Kier alpha value is -0.790. The zero-order valence-corrected chi connectivity index (χ0v) is 13.1. The largest absolute Gasteiger partial charge is 0.462 e. The summed E-state index contributed by atoms with van der Waals surface area (Å²) in [4.78, 5) is 11.2. The third-order valence-corrected chi connectivity index (χ3v) is 3.49. The van der Waals surface area contributed by atoms with Gasteiger partial charge in [0.15, 0.2) is 0 Å². The van der Waals surface area contributed by atoms with Gasteiger partial charge >= 0.3 is 5.97 Å². The van der Waals surface area contributed by atoms with Crippen LogP contribution in [0.15, 0.2) is 12.2 Å². The average molecular weight is 254 g/mol. The van der Waals surface area contributed by atoms with Crippen molar-refractivity contribution in [3.05, 3.63) is 12.2 Å². The van der Waals surface area contributed by atoms with Gasteiger partial charge in [-0.25, -0.2) is 4.79 Å². The van der Waals surface area contributed by atoms with Crippen molar-refractivity contribution in [2.45, 2.75) is 67.2 Å². The van der Waals surface area contributed by atoms with E-state index in [0.717, 1.165) is 12.8 Å². The maximum absolute atomic E-state index is 11.2. The summed E-state index contributed by atoms with van der Waals surface area (Å²) >= 11 is 0. The summed E-state index contributed by atoms with van der Waals surface area (Å²) in [5, 5.41) is 0. The third kappa shape index (κ3) is 7.52. The second-order valence-electron chi connectivity index (χ2n) is 6.88. The zero-order valence-electron chi connectivity index (χ0n) is 13.1. The molecular weight excluding hydrogens is 224 g/mol. The lowest BCUT2D eigenvalue weighted by Gasteiger charge is -2.34. The standard InChI is InChI=1S/C16H30O2/c1-8-15(4,5)12-16(6,7)10-9-11-18-14(17)13(2)3/h2,8-12H2,1,3-7H3. The molecule has 0 atom stereocenters. The molecule has 0 saturated heterocycles. The number of carbonyl (C=O) groups is 1. The molecule has 0 rings (SSSR count). The Bertz CT molecular complexity index is 287. The minimum atomic E-state index is -0.276. The second kappa shape index (κ2) is 6.96. The van der Waals surface area contributed by atoms with Gasteiger partial charge in [-0.2, -0.15) is 0 Å². The third-order valence-electron chi connectivity index (χ3n) is 3.49. The number of rotatable bonds is 8. The van der Waals surface area contributed by atoms with Crippen molar-refractivity contribution in [3.8, 4) is 0 Å². The molecule has 0 bridgehead atoms. The predicted molar refractivity (Wildman–Crippen MR) is 77.5 cm³/mol. The number of esters is 1. The first-order valence-electron chi connectivity index (χ1n) is 6.92. The average Bonchev–Trinajstić information content (AvgIpc) is 2.22. The van der Waals surface area contributed by atoms with E-state index in [1.165, 1.54) is 12.8 Å². The fourth-order valence-electron chi connectivity index (χ4n) is 2.35. The van der Waals surface area contributed by atoms with Crippen LogP contribution in [0.25, 0.3) is 0 Å². The van der Waals surface area contributed by atoms with Crippen LogP contribution in [0.5, 0.6) is 0 Å². The van der Waals surface area contributed by atoms with E-state index in [-0.39, 0.29) is 5.97 Å². The summed E-state index contributed by atoms with van der Waals surface area (Å²) in [6, 6.07) is 0. The van der Waals surface area contributed by atoms with Gasteiger partial charge in [-0.15, -0.1) is 0 Å². The molecule has 0 heterocycles. The van der Waals surface area contributed by atoms with Gasteiger partial charge in [-0.05, 0) is 37.0 Å². The highest BCUT2D eigenvalue weighted by Gasteiger charge is 2.27. The van der Waals surface area contributed by atoms with E-state index in [1.54, 1.807) is 6.92 Å². The van der Waals surface area contributed by atoms with E-state index in [4.69, 9.17) is 4.74 Å². The molecule has 0 spiro atoms. The summed E-state index contributed by atoms with van der Waals surface area (Å²) in [6.45, 7) is 17.2. The van der Waals surface area contributed by atoms with Crippen LogP contribution in [0.3, 0.4) is 0 Å². The first kappa shape index (κ1) is 17.2. The highest BCUT2D eigenvalue weighted by atomic mass is 16.5. The van der Waals surface area contributed by atoms with Gasteiger partial charge in [0, 0.05) is 5.57 Å². The lowest BCUT2D eigenvalue weighted by molar-refractivity contribution is -0.139. The highest BCUT2D eigenvalue weighted by molar-refractivity contribution is 5.86. The molecule has 0 aliphatic heterocycles. The van der Waals surface area contributed by atoms with Crippen molar-refractivity contribution in [3.63, 3.8) is 0 Å². The smallest absolute Gasteiger partial charge is 0.333 e. The van der Waals surface area contributed by atoms with E-state index in [2.05, 4.69) is 41.2 Å². The topological polar surface area (TPSA) is 26.3 Å². The van der Waals surface area contributed by atoms with Crippen molar-refractivity contribution in [2.75, 3.05) is 6.61 Å². The van der Waals surface area contributed by atoms with Crippen molar-refractivity contribution < 1.29 is 9.53 Å². The molecular formula is C16H30O2. The molecule has 0 N–H and O–H groups in total. The molecule has 0 radical (unpaired) electrons. The van der Waals surface area contributed by atoms with Crippen LogP contribution in [-0.4, -0.2) is 12.6 Å². The molecule has 0 aromatic carbocycles. The molecule has 0 aromatic heterocycles. The Morgan fingerprint density at radius 1 is 1.17 bits per heavy atom. The summed E-state index contributed by atoms with van der Waals surface area (Å²) in [5.74, 6) is -0.276. The monoisotopic (exact) mass is 254 g/mol. The number of hydrogen-bond acceptors (Lipinski definition) is 2. The molecule has 106 valence electrons. The Balaban J connectivity index is 3.98. The molecule has 0 amide bonds. The minimum Gasteiger partial charge on any atom is -0.462 e. The normalized spacial score (nSPS) is 12.3. The van der Waals surface area contributed by atoms with Crippen LogP contribution in [0.4, 0.5) is 0 Å². The van der Waals surface area contributed by atoms with Crippen LogP contribution in [0.1, 0.15) is 67.2 Å². The fourth-order valence-corrected chi connectivity index (χ4v) is 2.35. The highest BCUT2D eigenvalue weighted by Crippen LogP contribution is 2.38. The summed E-state index contributed by atoms with van der Waals surface area (Å²) in [7, 11) is 0. The molecule has 0 aliphatic carbocycles. The van der Waals surface area contributed by atoms with Gasteiger partial charge in [0.05, 0.1) is 6.61 Å². The van der Waals surface area contributed by atoms with Crippen molar-refractivity contribution in [1.82, 2.24) is 0 Å². The lowest BCUT2D eigenvalue weighted by atomic mass is 9.72. The Labute approximate surface area is 113 Å². The Morgan fingerprint density at radius 3 is 2.17 bits per heavy atom. The molecule has 0 fully saturated rings. The van der Waals surface area contributed by atoms with Crippen LogP contribution < -0.4 is 0 Å². The van der Waals surface area contributed by atoms with Crippen molar-refractivity contribution in [1.29, 1.82) is 0 Å². The van der Waals surface area contributed by atoms with Crippen LogP contribution in [0, 0.1) is 10.8 Å². The van der Waals surface area contributed by atoms with Gasteiger partial charge in [-0.3, -0.25) is 0 Å². The minimum absolute atomic E-state index is 0.276. The predicted octanol–water partition coefficient (Wildman–Crippen LogP) is 4.74. The van der Waals surface area contributed by atoms with E-state index < -0.39 is 0 Å². The molecule has 18 heavy (non-hydrogen) atoms. The van der Waals surface area contributed by atoms with Gasteiger partial charge in [0.2, 0.25) is 0 Å². The van der Waals surface area contributed by atoms with Gasteiger partial charge in [0.1, 0.15) is 0 Å². The number of carbonyl (C=O) groups excluding carboxylic acids is 1. The first-order valence-corrected chi connectivity index (χ1v) is 6.92. The number of hydrogen-bond donors (Lipinski definition) is 0. The first-order chi connectivity index (χ1) is 8.09. The van der Waals surface area contributed by atoms with Crippen LogP contribution in [0.2, 0.25) is 0 Å². The van der Waals surface area contributed by atoms with E-state index in [9.17, 15) is 4.79 Å². The molecule has 0 saturated carbocycles. The lowest BCUT2D eigenvalue weighted by Crippen LogP contribution is -2.23. The summed E-state index contributed by atoms with van der Waals surface area (Å²) in [6.07, 6.45) is 4.40. The van der Waals surface area contributed by atoms with Crippen LogP contribution >= 0.6 is 0 Å². The van der Waals surface area contributed by atoms with E-state index >= 15 is 0 Å². The van der Waals surface area contributed by atoms with E-state index in [1.807, 2.05) is 0 Å². The van der Waals surface area contributed by atoms with Crippen molar-refractivity contribution in [2.24, 2.45) is 10.8 Å². The van der Waals surface area contributed by atoms with Gasteiger partial charge in [-0.1, -0.05) is 47.6 Å².